The van der Waals surface area contributed by atoms with E-state index in [1.807, 2.05) is 60.7 Å². The summed E-state index contributed by atoms with van der Waals surface area (Å²) in [7, 11) is 0. The quantitative estimate of drug-likeness (QED) is 0.180. The predicted octanol–water partition coefficient (Wildman–Crippen LogP) is 13.4. The standard InChI is InChI=1S/C51H36N2/c1-51(2)45-23-13-22-43(49(45)44-30-37-18-9-10-19-38(37)31-46(44)51)41-28-29-42(40-21-12-11-20-39(40)41)48-32-47(52-50(53-48)36-16-7-4-8-17-36)35-26-24-34(25-27-35)33-14-5-3-6-15-33/h3-32H,1-2H3/i9D,10D,11D,12D,13D,18D,19D,20D,21D,22D,23D,28D,29D,30D,31D. The van der Waals surface area contributed by atoms with Gasteiger partial charge in [0, 0.05) is 22.1 Å². The maximum Gasteiger partial charge on any atom is 0.160 e. The summed E-state index contributed by atoms with van der Waals surface area (Å²) in [5.74, 6) is 0.226. The van der Waals surface area contributed by atoms with Crippen LogP contribution in [0.5, 0.6) is 0 Å². The molecule has 0 amide bonds. The number of hydrogen-bond donors (Lipinski definition) is 0. The second kappa shape index (κ2) is 12.3. The van der Waals surface area contributed by atoms with Gasteiger partial charge in [-0.3, -0.25) is 0 Å². The van der Waals surface area contributed by atoms with E-state index in [1.54, 1.807) is 44.2 Å². The molecule has 1 aliphatic rings. The molecule has 0 saturated heterocycles. The number of aromatic nitrogens is 2. The van der Waals surface area contributed by atoms with Crippen molar-refractivity contribution < 1.29 is 20.6 Å². The molecule has 2 heteroatoms. The van der Waals surface area contributed by atoms with E-state index in [2.05, 4.69) is 0 Å². The van der Waals surface area contributed by atoms with Crippen LogP contribution in [0.3, 0.4) is 0 Å². The van der Waals surface area contributed by atoms with Gasteiger partial charge in [0.2, 0.25) is 0 Å². The van der Waals surface area contributed by atoms with Crippen molar-refractivity contribution in [3.05, 3.63) is 193 Å². The Morgan fingerprint density at radius 1 is 0.453 bits per heavy atom. The smallest absolute Gasteiger partial charge is 0.160 e. The van der Waals surface area contributed by atoms with E-state index in [-0.39, 0.29) is 78.0 Å². The van der Waals surface area contributed by atoms with E-state index in [0.717, 1.165) is 11.1 Å². The molecule has 2 nitrogen and oxygen atoms in total. The van der Waals surface area contributed by atoms with Crippen LogP contribution in [0.2, 0.25) is 0 Å². The van der Waals surface area contributed by atoms with Crippen LogP contribution in [0.1, 0.15) is 45.5 Å². The van der Waals surface area contributed by atoms with E-state index in [9.17, 15) is 11.0 Å². The Balaban J connectivity index is 1.34. The van der Waals surface area contributed by atoms with Crippen molar-refractivity contribution >= 4 is 21.5 Å². The largest absolute Gasteiger partial charge is 0.228 e. The van der Waals surface area contributed by atoms with Gasteiger partial charge < -0.3 is 0 Å². The summed E-state index contributed by atoms with van der Waals surface area (Å²) in [6.45, 7) is 3.27. The highest BCUT2D eigenvalue weighted by atomic mass is 14.9. The molecule has 1 heterocycles. The minimum Gasteiger partial charge on any atom is -0.228 e. The fraction of sp³-hybridized carbons (Fsp3) is 0.0588. The summed E-state index contributed by atoms with van der Waals surface area (Å²) in [5, 5.41) is -1.03. The summed E-state index contributed by atoms with van der Waals surface area (Å²) >= 11 is 0. The zero-order valence-corrected chi connectivity index (χ0v) is 28.6. The molecular formula is C51H36N2. The van der Waals surface area contributed by atoms with Gasteiger partial charge in [0.15, 0.2) is 5.82 Å². The van der Waals surface area contributed by atoms with E-state index in [1.165, 1.54) is 0 Å². The van der Waals surface area contributed by atoms with Gasteiger partial charge in [-0.15, -0.1) is 0 Å². The van der Waals surface area contributed by atoms with Crippen molar-refractivity contribution in [1.82, 2.24) is 9.97 Å². The average Bonchev–Trinajstić information content (AvgIpc) is 3.60. The Bertz CT molecular complexity index is 3690. The molecule has 0 unspecified atom stereocenters. The van der Waals surface area contributed by atoms with Crippen molar-refractivity contribution in [3.63, 3.8) is 0 Å². The highest BCUT2D eigenvalue weighted by Gasteiger charge is 2.37. The average molecular weight is 692 g/mol. The molecule has 1 aliphatic carbocycles. The van der Waals surface area contributed by atoms with E-state index < -0.39 is 90.0 Å². The second-order valence-electron chi connectivity index (χ2n) is 13.4. The van der Waals surface area contributed by atoms with Gasteiger partial charge in [0.25, 0.3) is 0 Å². The lowest BCUT2D eigenvalue weighted by Crippen LogP contribution is -2.14. The molecule has 0 saturated carbocycles. The molecule has 0 fully saturated rings. The van der Waals surface area contributed by atoms with Crippen LogP contribution >= 0.6 is 0 Å². The molecule has 1 aromatic heterocycles. The molecule has 8 aromatic carbocycles. The molecule has 0 aliphatic heterocycles. The first-order valence-corrected chi connectivity index (χ1v) is 17.1. The highest BCUT2D eigenvalue weighted by molar-refractivity contribution is 6.08. The monoisotopic (exact) mass is 691 g/mol. The van der Waals surface area contributed by atoms with Gasteiger partial charge >= 0.3 is 0 Å². The third-order valence-corrected chi connectivity index (χ3v) is 9.86. The Morgan fingerprint density at radius 3 is 1.77 bits per heavy atom. The van der Waals surface area contributed by atoms with Crippen LogP contribution in [0.15, 0.2) is 182 Å². The van der Waals surface area contributed by atoms with Crippen LogP contribution in [0.25, 0.3) is 88.8 Å². The van der Waals surface area contributed by atoms with Crippen molar-refractivity contribution in [3.8, 4) is 67.3 Å². The van der Waals surface area contributed by atoms with Gasteiger partial charge in [0.1, 0.15) is 0 Å². The van der Waals surface area contributed by atoms with Crippen molar-refractivity contribution in [1.29, 1.82) is 0 Å². The lowest BCUT2D eigenvalue weighted by Gasteiger charge is -2.22. The maximum atomic E-state index is 9.89. The summed E-state index contributed by atoms with van der Waals surface area (Å²) in [6.07, 6.45) is 0. The van der Waals surface area contributed by atoms with Gasteiger partial charge in [-0.05, 0) is 84.2 Å². The minimum absolute atomic E-state index is 0.0475. The number of nitrogens with zero attached hydrogens (tertiary/aromatic N) is 2. The SMILES string of the molecule is [2H]c1c([2H])c(-c2c([2H])c([2H])c(-c3cc(-c4ccc(-c5ccccc5)cc4)nc(-c4ccccc4)n3)c3c([2H])c([2H])c([2H])c([2H])c23)c2c(c1[2H])C(C)(C)c1c-2c([2H])c2c([2H])c([2H])c([2H])c([2H])c2c1[2H]. The maximum absolute atomic E-state index is 9.89. The fourth-order valence-electron chi connectivity index (χ4n) is 7.19. The van der Waals surface area contributed by atoms with Crippen molar-refractivity contribution in [2.45, 2.75) is 19.3 Å². The van der Waals surface area contributed by atoms with E-state index in [0.29, 0.717) is 16.8 Å². The normalized spacial score (nSPS) is 16.8. The van der Waals surface area contributed by atoms with Gasteiger partial charge in [-0.25, -0.2) is 9.97 Å². The van der Waals surface area contributed by atoms with Gasteiger partial charge in [-0.1, -0.05) is 177 Å². The van der Waals surface area contributed by atoms with Crippen LogP contribution < -0.4 is 0 Å². The Morgan fingerprint density at radius 2 is 1.04 bits per heavy atom. The highest BCUT2D eigenvalue weighted by Crippen LogP contribution is 2.54. The molecule has 9 aromatic rings. The topological polar surface area (TPSA) is 25.8 Å². The number of benzene rings is 8. The Hall–Kier alpha value is -6.64. The third-order valence-electron chi connectivity index (χ3n) is 9.86. The first-order chi connectivity index (χ1) is 32.3. The summed E-state index contributed by atoms with van der Waals surface area (Å²) in [6, 6.07) is 19.4. The lowest BCUT2D eigenvalue weighted by molar-refractivity contribution is 0.661. The second-order valence-corrected chi connectivity index (χ2v) is 13.4. The first-order valence-electron chi connectivity index (χ1n) is 24.6. The number of fused-ring (bicyclic) bond motifs is 5. The molecule has 0 atom stereocenters. The van der Waals surface area contributed by atoms with Gasteiger partial charge in [0.05, 0.1) is 31.9 Å². The van der Waals surface area contributed by atoms with Crippen LogP contribution in [0.4, 0.5) is 0 Å². The molecule has 0 radical (unpaired) electrons. The summed E-state index contributed by atoms with van der Waals surface area (Å²) < 4.78 is 138. The fourth-order valence-corrected chi connectivity index (χ4v) is 7.19. The van der Waals surface area contributed by atoms with E-state index in [4.69, 9.17) is 19.6 Å². The third kappa shape index (κ3) is 5.18. The molecule has 0 spiro atoms. The summed E-state index contributed by atoms with van der Waals surface area (Å²) in [4.78, 5) is 9.82. The minimum atomic E-state index is -1.41. The van der Waals surface area contributed by atoms with Crippen LogP contribution in [-0.2, 0) is 5.41 Å². The molecule has 250 valence electrons. The zero-order valence-electron chi connectivity index (χ0n) is 43.6. The lowest BCUT2D eigenvalue weighted by atomic mass is 9.81. The molecule has 0 bridgehead atoms. The van der Waals surface area contributed by atoms with Gasteiger partial charge in [-0.2, -0.15) is 0 Å². The molecular weight excluding hydrogens is 641 g/mol. The zero-order chi connectivity index (χ0) is 48.6. The first kappa shape index (κ1) is 19.3. The predicted molar refractivity (Wildman–Crippen MR) is 222 cm³/mol. The molecule has 10 rings (SSSR count). The van der Waals surface area contributed by atoms with E-state index >= 15 is 0 Å². The van der Waals surface area contributed by atoms with Crippen molar-refractivity contribution in [2.24, 2.45) is 0 Å². The van der Waals surface area contributed by atoms with Crippen LogP contribution in [0, 0.1) is 0 Å². The Kier molecular flexibility index (Phi) is 4.45. The molecule has 53 heavy (non-hydrogen) atoms. The van der Waals surface area contributed by atoms with Crippen molar-refractivity contribution in [2.75, 3.05) is 0 Å². The number of rotatable bonds is 5. The van der Waals surface area contributed by atoms with Crippen LogP contribution in [-0.4, -0.2) is 9.97 Å². The summed E-state index contributed by atoms with van der Waals surface area (Å²) in [5.41, 5.74) is 1.45. The molecule has 0 N–H and O–H groups in total. The number of hydrogen-bond acceptors (Lipinski definition) is 2. The Labute approximate surface area is 331 Å².